The van der Waals surface area contributed by atoms with Gasteiger partial charge in [-0.2, -0.15) is 0 Å². The molecule has 3 aliphatic heterocycles. The molecule has 0 aromatic carbocycles. The molecule has 3 aliphatic rings. The molecule has 2 N–H and O–H groups in total. The predicted octanol–water partition coefficient (Wildman–Crippen LogP) is 0.375. The smallest absolute Gasteiger partial charge is 0.250 e. The number of aliphatic hydroxyl groups is 1. The summed E-state index contributed by atoms with van der Waals surface area (Å²) in [6.45, 7) is 5.41. The third-order valence-electron chi connectivity index (χ3n) is 6.51. The molecule has 0 saturated carbocycles. The lowest BCUT2D eigenvalue weighted by atomic mass is 9.86. The van der Waals surface area contributed by atoms with E-state index in [-0.39, 0.29) is 42.0 Å². The van der Waals surface area contributed by atoms with Gasteiger partial charge in [-0.25, -0.2) is 0 Å². The number of fused-ring (bicyclic) bond motifs is 4. The van der Waals surface area contributed by atoms with Gasteiger partial charge in [-0.3, -0.25) is 14.5 Å². The van der Waals surface area contributed by atoms with Crippen molar-refractivity contribution in [1.29, 1.82) is 0 Å². The molecule has 0 radical (unpaired) electrons. The minimum Gasteiger partial charge on any atom is -0.396 e. The highest BCUT2D eigenvalue weighted by molar-refractivity contribution is 5.80. The lowest BCUT2D eigenvalue weighted by Gasteiger charge is -2.40. The van der Waals surface area contributed by atoms with Crippen LogP contribution in [0.25, 0.3) is 0 Å². The maximum absolute atomic E-state index is 12.9. The monoisotopic (exact) mass is 375 g/mol. The van der Waals surface area contributed by atoms with E-state index in [1.165, 1.54) is 0 Å². The van der Waals surface area contributed by atoms with E-state index in [4.69, 9.17) is 4.74 Å². The second kappa shape index (κ2) is 7.73. The van der Waals surface area contributed by atoms with Gasteiger partial charge in [0, 0.05) is 63.2 Å². The summed E-state index contributed by atoms with van der Waals surface area (Å²) in [5, 5.41) is 13.1. The molecule has 1 aromatic heterocycles. The number of hydrogen-bond acceptors (Lipinski definition) is 5. The van der Waals surface area contributed by atoms with Gasteiger partial charge in [0.2, 0.25) is 5.91 Å². The van der Waals surface area contributed by atoms with Crippen LogP contribution in [0.1, 0.15) is 31.5 Å². The van der Waals surface area contributed by atoms with Crippen LogP contribution in [-0.2, 0) is 16.1 Å². The predicted molar refractivity (Wildman–Crippen MR) is 100 cm³/mol. The van der Waals surface area contributed by atoms with Crippen LogP contribution in [0, 0.1) is 17.8 Å². The Balaban J connectivity index is 1.73. The molecule has 1 amide bonds. The van der Waals surface area contributed by atoms with Crippen LogP contribution in [0.2, 0.25) is 0 Å². The number of pyridine rings is 1. The summed E-state index contributed by atoms with van der Waals surface area (Å²) < 4.78 is 7.30. The first-order valence-electron chi connectivity index (χ1n) is 10.1. The fourth-order valence-corrected chi connectivity index (χ4v) is 5.24. The van der Waals surface area contributed by atoms with Crippen molar-refractivity contribution in [3.05, 3.63) is 34.2 Å². The maximum Gasteiger partial charge on any atom is 0.250 e. The Kier molecular flexibility index (Phi) is 5.34. The van der Waals surface area contributed by atoms with Crippen LogP contribution in [0.5, 0.6) is 0 Å². The van der Waals surface area contributed by atoms with E-state index in [9.17, 15) is 14.7 Å². The number of carbonyl (C=O) groups is 1. The zero-order chi connectivity index (χ0) is 19.0. The molecular formula is C20H29N3O4. The SMILES string of the molecule is CCNC(=O)[C@@H]1[C@@H](CO)[C@@H]2Cn3c(cccc3=O)[C@H]1N2CC1CCOCC1. The lowest BCUT2D eigenvalue weighted by Crippen LogP contribution is -2.48. The third kappa shape index (κ3) is 3.22. The highest BCUT2D eigenvalue weighted by Crippen LogP contribution is 2.48. The second-order valence-corrected chi connectivity index (χ2v) is 7.93. The molecule has 4 rings (SSSR count). The number of nitrogens with zero attached hydrogens (tertiary/aromatic N) is 2. The normalized spacial score (nSPS) is 30.9. The van der Waals surface area contributed by atoms with Crippen molar-refractivity contribution in [2.24, 2.45) is 17.8 Å². The van der Waals surface area contributed by atoms with Gasteiger partial charge in [0.05, 0.1) is 12.0 Å². The van der Waals surface area contributed by atoms with Crippen LogP contribution < -0.4 is 10.9 Å². The first kappa shape index (κ1) is 18.7. The molecular weight excluding hydrogens is 346 g/mol. The van der Waals surface area contributed by atoms with E-state index in [0.29, 0.717) is 19.0 Å². The van der Waals surface area contributed by atoms with Gasteiger partial charge in [0.25, 0.3) is 5.56 Å². The van der Waals surface area contributed by atoms with Gasteiger partial charge in [0.1, 0.15) is 0 Å². The van der Waals surface area contributed by atoms with Crippen LogP contribution in [0.15, 0.2) is 23.0 Å². The quantitative estimate of drug-likeness (QED) is 0.777. The van der Waals surface area contributed by atoms with E-state index >= 15 is 0 Å². The number of amides is 1. The van der Waals surface area contributed by atoms with Crippen LogP contribution in [0.3, 0.4) is 0 Å². The van der Waals surface area contributed by atoms with E-state index in [1.807, 2.05) is 13.0 Å². The van der Waals surface area contributed by atoms with E-state index < -0.39 is 0 Å². The molecule has 7 heteroatoms. The highest BCUT2D eigenvalue weighted by Gasteiger charge is 2.55. The van der Waals surface area contributed by atoms with E-state index in [0.717, 1.165) is 38.3 Å². The van der Waals surface area contributed by atoms with Gasteiger partial charge >= 0.3 is 0 Å². The molecule has 27 heavy (non-hydrogen) atoms. The number of carbonyl (C=O) groups excluding carboxylic acids is 1. The van der Waals surface area contributed by atoms with E-state index in [1.54, 1.807) is 16.7 Å². The standard InChI is InChI=1S/C20H29N3O4/c1-2-21-20(26)18-14(12-24)16-11-22-15(4-3-5-17(22)25)19(18)23(16)10-13-6-8-27-9-7-13/h3-5,13-14,16,18-19,24H,2,6-12H2,1H3,(H,21,26)/t14-,16-,18+,19+/m0/s1. The summed E-state index contributed by atoms with van der Waals surface area (Å²) in [6, 6.07) is 5.16. The maximum atomic E-state index is 12.9. The molecule has 2 bridgehead atoms. The fourth-order valence-electron chi connectivity index (χ4n) is 5.24. The van der Waals surface area contributed by atoms with Crippen molar-refractivity contribution >= 4 is 5.91 Å². The first-order chi connectivity index (χ1) is 13.2. The Morgan fingerprint density at radius 3 is 2.81 bits per heavy atom. The summed E-state index contributed by atoms with van der Waals surface area (Å²) in [7, 11) is 0. The first-order valence-corrected chi connectivity index (χ1v) is 10.1. The number of aromatic nitrogens is 1. The molecule has 7 nitrogen and oxygen atoms in total. The molecule has 0 spiro atoms. The fraction of sp³-hybridized carbons (Fsp3) is 0.700. The number of rotatable bonds is 5. The number of aliphatic hydroxyl groups excluding tert-OH is 1. The number of ether oxygens (including phenoxy) is 1. The zero-order valence-corrected chi connectivity index (χ0v) is 15.8. The largest absolute Gasteiger partial charge is 0.396 e. The molecule has 0 aliphatic carbocycles. The van der Waals surface area contributed by atoms with Crippen molar-refractivity contribution in [1.82, 2.24) is 14.8 Å². The molecule has 148 valence electrons. The minimum absolute atomic E-state index is 0.00283. The van der Waals surface area contributed by atoms with Crippen molar-refractivity contribution < 1.29 is 14.6 Å². The Morgan fingerprint density at radius 1 is 1.33 bits per heavy atom. The second-order valence-electron chi connectivity index (χ2n) is 7.93. The summed E-state index contributed by atoms with van der Waals surface area (Å²) in [6.07, 6.45) is 2.04. The molecule has 2 fully saturated rings. The Morgan fingerprint density at radius 2 is 2.11 bits per heavy atom. The Labute approximate surface area is 159 Å². The molecule has 2 saturated heterocycles. The average Bonchev–Trinajstić information content (AvgIpc) is 2.88. The Hall–Kier alpha value is -1.70. The summed E-state index contributed by atoms with van der Waals surface area (Å²) in [5.74, 6) is -0.000117. The van der Waals surface area contributed by atoms with Gasteiger partial charge < -0.3 is 19.7 Å². The third-order valence-corrected chi connectivity index (χ3v) is 6.51. The lowest BCUT2D eigenvalue weighted by molar-refractivity contribution is -0.127. The van der Waals surface area contributed by atoms with Gasteiger partial charge in [-0.05, 0) is 31.7 Å². The van der Waals surface area contributed by atoms with Gasteiger partial charge in [-0.15, -0.1) is 0 Å². The molecule has 1 aromatic rings. The highest BCUT2D eigenvalue weighted by atomic mass is 16.5. The van der Waals surface area contributed by atoms with E-state index in [2.05, 4.69) is 10.2 Å². The minimum atomic E-state index is -0.338. The van der Waals surface area contributed by atoms with Crippen molar-refractivity contribution in [2.45, 2.75) is 38.4 Å². The average molecular weight is 375 g/mol. The van der Waals surface area contributed by atoms with Crippen LogP contribution >= 0.6 is 0 Å². The summed E-state index contributed by atoms with van der Waals surface area (Å²) >= 11 is 0. The molecule has 0 unspecified atom stereocenters. The molecule has 4 atom stereocenters. The van der Waals surface area contributed by atoms with Gasteiger partial charge in [-0.1, -0.05) is 6.07 Å². The summed E-state index contributed by atoms with van der Waals surface area (Å²) in [5.41, 5.74) is 0.875. The Bertz CT molecular complexity index is 743. The van der Waals surface area contributed by atoms with Crippen LogP contribution in [-0.4, -0.2) is 59.4 Å². The number of nitrogens with one attached hydrogen (secondary N) is 1. The van der Waals surface area contributed by atoms with Crippen molar-refractivity contribution in [2.75, 3.05) is 32.9 Å². The van der Waals surface area contributed by atoms with Crippen molar-refractivity contribution in [3.63, 3.8) is 0 Å². The van der Waals surface area contributed by atoms with Gasteiger partial charge in [0.15, 0.2) is 0 Å². The number of hydrogen-bond donors (Lipinski definition) is 2. The molecule has 4 heterocycles. The zero-order valence-electron chi connectivity index (χ0n) is 15.8. The topological polar surface area (TPSA) is 83.8 Å². The van der Waals surface area contributed by atoms with Crippen LogP contribution in [0.4, 0.5) is 0 Å². The van der Waals surface area contributed by atoms with Crippen molar-refractivity contribution in [3.8, 4) is 0 Å². The summed E-state index contributed by atoms with van der Waals surface area (Å²) in [4.78, 5) is 27.8.